The number of ether oxygens (including phenoxy) is 1. The molecule has 1 aromatic rings. The number of hydrogen-bond donors (Lipinski definition) is 2. The molecule has 2 N–H and O–H groups in total. The maximum absolute atomic E-state index is 12.4. The first-order chi connectivity index (χ1) is 11.9. The fourth-order valence-corrected chi connectivity index (χ4v) is 3.20. The van der Waals surface area contributed by atoms with E-state index in [1.54, 1.807) is 0 Å². The maximum atomic E-state index is 12.4. The van der Waals surface area contributed by atoms with Gasteiger partial charge in [-0.1, -0.05) is 12.1 Å². The Morgan fingerprint density at radius 1 is 1.28 bits per heavy atom. The zero-order valence-electron chi connectivity index (χ0n) is 15.9. The summed E-state index contributed by atoms with van der Waals surface area (Å²) in [6.45, 7) is 10.5. The lowest BCUT2D eigenvalue weighted by Gasteiger charge is -2.34. The van der Waals surface area contributed by atoms with Crippen molar-refractivity contribution >= 4 is 5.91 Å². The van der Waals surface area contributed by atoms with Crippen LogP contribution in [0.2, 0.25) is 0 Å². The number of nitrogens with one attached hydrogen (secondary N) is 1. The predicted molar refractivity (Wildman–Crippen MR) is 99.6 cm³/mol. The summed E-state index contributed by atoms with van der Waals surface area (Å²) in [7, 11) is 0. The highest BCUT2D eigenvalue weighted by Gasteiger charge is 2.26. The summed E-state index contributed by atoms with van der Waals surface area (Å²) in [5, 5.41) is 13.3. The highest BCUT2D eigenvalue weighted by molar-refractivity contribution is 5.78. The van der Waals surface area contributed by atoms with Gasteiger partial charge in [0, 0.05) is 18.5 Å². The van der Waals surface area contributed by atoms with Crippen LogP contribution in [-0.2, 0) is 4.79 Å². The van der Waals surface area contributed by atoms with Gasteiger partial charge in [-0.3, -0.25) is 4.79 Å². The molecule has 1 unspecified atom stereocenters. The first kappa shape index (κ1) is 19.7. The SMILES string of the molecule is CC(C)Oc1cccc(C(O)CNC(=O)C2CCN(C(C)C)CC2)c1. The largest absolute Gasteiger partial charge is 0.491 e. The number of hydrogen-bond acceptors (Lipinski definition) is 4. The average Bonchev–Trinajstić information content (AvgIpc) is 2.59. The van der Waals surface area contributed by atoms with E-state index in [1.807, 2.05) is 38.1 Å². The number of rotatable bonds is 7. The number of benzene rings is 1. The van der Waals surface area contributed by atoms with E-state index in [2.05, 4.69) is 24.1 Å². The Labute approximate surface area is 151 Å². The molecule has 0 bridgehead atoms. The molecule has 1 aromatic carbocycles. The van der Waals surface area contributed by atoms with E-state index < -0.39 is 6.10 Å². The second-order valence-electron chi connectivity index (χ2n) is 7.40. The topological polar surface area (TPSA) is 61.8 Å². The van der Waals surface area contributed by atoms with Crippen molar-refractivity contribution in [1.82, 2.24) is 10.2 Å². The second kappa shape index (κ2) is 9.20. The van der Waals surface area contributed by atoms with E-state index >= 15 is 0 Å². The fourth-order valence-electron chi connectivity index (χ4n) is 3.20. The molecule has 25 heavy (non-hydrogen) atoms. The van der Waals surface area contributed by atoms with Crippen LogP contribution in [0.4, 0.5) is 0 Å². The lowest BCUT2D eigenvalue weighted by Crippen LogP contribution is -2.43. The molecule has 1 atom stereocenters. The Balaban J connectivity index is 1.81. The maximum Gasteiger partial charge on any atom is 0.223 e. The summed E-state index contributed by atoms with van der Waals surface area (Å²) in [5.41, 5.74) is 0.757. The Hall–Kier alpha value is -1.59. The molecule has 0 spiro atoms. The number of nitrogens with zero attached hydrogens (tertiary/aromatic N) is 1. The van der Waals surface area contributed by atoms with Gasteiger partial charge >= 0.3 is 0 Å². The monoisotopic (exact) mass is 348 g/mol. The van der Waals surface area contributed by atoms with Crippen molar-refractivity contribution in [2.75, 3.05) is 19.6 Å². The van der Waals surface area contributed by atoms with Gasteiger partial charge in [0.05, 0.1) is 12.2 Å². The van der Waals surface area contributed by atoms with Crippen molar-refractivity contribution in [3.63, 3.8) is 0 Å². The Morgan fingerprint density at radius 3 is 2.56 bits per heavy atom. The van der Waals surface area contributed by atoms with E-state index in [9.17, 15) is 9.90 Å². The van der Waals surface area contributed by atoms with Crippen molar-refractivity contribution in [3.8, 4) is 5.75 Å². The summed E-state index contributed by atoms with van der Waals surface area (Å²) in [6, 6.07) is 7.95. The van der Waals surface area contributed by atoms with Gasteiger partial charge in [0.2, 0.25) is 5.91 Å². The number of piperidine rings is 1. The molecule has 0 radical (unpaired) electrons. The third kappa shape index (κ3) is 6.01. The minimum absolute atomic E-state index is 0.0528. The van der Waals surface area contributed by atoms with Crippen LogP contribution in [0.5, 0.6) is 5.75 Å². The number of aliphatic hydroxyl groups excluding tert-OH is 1. The molecule has 0 aromatic heterocycles. The summed E-state index contributed by atoms with van der Waals surface area (Å²) in [4.78, 5) is 14.8. The first-order valence-corrected chi connectivity index (χ1v) is 9.33. The molecule has 1 heterocycles. The summed E-state index contributed by atoms with van der Waals surface area (Å²) in [5.74, 6) is 0.841. The normalized spacial score (nSPS) is 17.7. The first-order valence-electron chi connectivity index (χ1n) is 9.33. The predicted octanol–water partition coefficient (Wildman–Crippen LogP) is 2.74. The lowest BCUT2D eigenvalue weighted by atomic mass is 9.95. The molecular formula is C20H32N2O3. The van der Waals surface area contributed by atoms with Gasteiger partial charge < -0.3 is 20.1 Å². The molecule has 5 nitrogen and oxygen atoms in total. The van der Waals surface area contributed by atoms with E-state index in [-0.39, 0.29) is 24.5 Å². The zero-order chi connectivity index (χ0) is 18.4. The summed E-state index contributed by atoms with van der Waals surface area (Å²) < 4.78 is 5.65. The number of amides is 1. The second-order valence-corrected chi connectivity index (χ2v) is 7.40. The summed E-state index contributed by atoms with van der Waals surface area (Å²) in [6.07, 6.45) is 1.13. The molecule has 0 saturated carbocycles. The molecule has 1 fully saturated rings. The minimum atomic E-state index is -0.726. The third-order valence-corrected chi connectivity index (χ3v) is 4.71. The number of aliphatic hydroxyl groups is 1. The van der Waals surface area contributed by atoms with Crippen molar-refractivity contribution in [3.05, 3.63) is 29.8 Å². The molecule has 1 aliphatic heterocycles. The van der Waals surface area contributed by atoms with Crippen LogP contribution in [0.15, 0.2) is 24.3 Å². The van der Waals surface area contributed by atoms with Gasteiger partial charge in [-0.15, -0.1) is 0 Å². The lowest BCUT2D eigenvalue weighted by molar-refractivity contribution is -0.127. The van der Waals surface area contributed by atoms with E-state index in [4.69, 9.17) is 4.74 Å². The molecule has 0 aliphatic carbocycles. The zero-order valence-corrected chi connectivity index (χ0v) is 15.9. The van der Waals surface area contributed by atoms with Crippen LogP contribution in [0.1, 0.15) is 52.2 Å². The van der Waals surface area contributed by atoms with Gasteiger partial charge in [0.15, 0.2) is 0 Å². The van der Waals surface area contributed by atoms with Gasteiger partial charge in [0.25, 0.3) is 0 Å². The van der Waals surface area contributed by atoms with Crippen molar-refractivity contribution in [1.29, 1.82) is 0 Å². The fraction of sp³-hybridized carbons (Fsp3) is 0.650. The van der Waals surface area contributed by atoms with Crippen LogP contribution < -0.4 is 10.1 Å². The smallest absolute Gasteiger partial charge is 0.223 e. The van der Waals surface area contributed by atoms with Gasteiger partial charge in [-0.05, 0) is 71.3 Å². The average molecular weight is 348 g/mol. The highest BCUT2D eigenvalue weighted by Crippen LogP contribution is 2.21. The van der Waals surface area contributed by atoms with E-state index in [0.29, 0.717) is 6.04 Å². The number of carbonyl (C=O) groups excluding carboxylic acids is 1. The van der Waals surface area contributed by atoms with Crippen LogP contribution in [0.25, 0.3) is 0 Å². The highest BCUT2D eigenvalue weighted by atomic mass is 16.5. The van der Waals surface area contributed by atoms with Crippen LogP contribution in [0.3, 0.4) is 0 Å². The minimum Gasteiger partial charge on any atom is -0.491 e. The van der Waals surface area contributed by atoms with Crippen molar-refractivity contribution < 1.29 is 14.6 Å². The summed E-state index contributed by atoms with van der Waals surface area (Å²) >= 11 is 0. The molecule has 1 amide bonds. The number of likely N-dealkylation sites (tertiary alicyclic amines) is 1. The molecule has 140 valence electrons. The number of carbonyl (C=O) groups is 1. The van der Waals surface area contributed by atoms with E-state index in [0.717, 1.165) is 37.2 Å². The molecule has 1 saturated heterocycles. The Morgan fingerprint density at radius 2 is 1.96 bits per heavy atom. The third-order valence-electron chi connectivity index (χ3n) is 4.71. The Bertz CT molecular complexity index is 552. The van der Waals surface area contributed by atoms with Crippen LogP contribution >= 0.6 is 0 Å². The van der Waals surface area contributed by atoms with Crippen molar-refractivity contribution in [2.24, 2.45) is 5.92 Å². The van der Waals surface area contributed by atoms with E-state index in [1.165, 1.54) is 0 Å². The molecule has 5 heteroatoms. The van der Waals surface area contributed by atoms with Crippen LogP contribution in [-0.4, -0.2) is 47.7 Å². The van der Waals surface area contributed by atoms with Gasteiger partial charge in [-0.2, -0.15) is 0 Å². The van der Waals surface area contributed by atoms with Crippen LogP contribution in [0, 0.1) is 5.92 Å². The standard InChI is InChI=1S/C20H32N2O3/c1-14(2)22-10-8-16(9-11-22)20(24)21-13-19(23)17-6-5-7-18(12-17)25-15(3)4/h5-7,12,14-16,19,23H,8-11,13H2,1-4H3,(H,21,24). The van der Waals surface area contributed by atoms with Crippen molar-refractivity contribution in [2.45, 2.75) is 58.8 Å². The molecule has 1 aliphatic rings. The Kier molecular flexibility index (Phi) is 7.26. The quantitative estimate of drug-likeness (QED) is 0.795. The van der Waals surface area contributed by atoms with Gasteiger partial charge in [0.1, 0.15) is 5.75 Å². The molecular weight excluding hydrogens is 316 g/mol. The molecule has 2 rings (SSSR count). The van der Waals surface area contributed by atoms with Gasteiger partial charge in [-0.25, -0.2) is 0 Å².